The maximum atomic E-state index is 13.0. The first-order chi connectivity index (χ1) is 10.8. The van der Waals surface area contributed by atoms with E-state index >= 15 is 0 Å². The molecule has 3 aromatic rings. The number of Topliss-reactive ketones (excluding diaryl/α,β-unsaturated/α-hetero) is 1. The van der Waals surface area contributed by atoms with Gasteiger partial charge in [0.05, 0.1) is 5.92 Å². The predicted molar refractivity (Wildman–Crippen MR) is 93.2 cm³/mol. The predicted octanol–water partition coefficient (Wildman–Crippen LogP) is 5.46. The molecule has 0 atom stereocenters. The molecule has 22 heavy (non-hydrogen) atoms. The van der Waals surface area contributed by atoms with Gasteiger partial charge in [0.15, 0.2) is 5.78 Å². The molecule has 3 aromatic carbocycles. The third-order valence-electron chi connectivity index (χ3n) is 3.66. The molecule has 0 spiro atoms. The van der Waals surface area contributed by atoms with Gasteiger partial charge in [-0.2, -0.15) is 0 Å². The van der Waals surface area contributed by atoms with E-state index in [4.69, 9.17) is 0 Å². The molecule has 3 rings (SSSR count). The van der Waals surface area contributed by atoms with Crippen LogP contribution in [0.25, 0.3) is 0 Å². The number of carbonyl (C=O) groups excluding carboxylic acids is 1. The van der Waals surface area contributed by atoms with E-state index in [2.05, 4.69) is 15.9 Å². The summed E-state index contributed by atoms with van der Waals surface area (Å²) in [6.07, 6.45) is 0. The van der Waals surface area contributed by atoms with Crippen molar-refractivity contribution in [2.75, 3.05) is 0 Å². The van der Waals surface area contributed by atoms with Crippen molar-refractivity contribution in [2.45, 2.75) is 5.92 Å². The smallest absolute Gasteiger partial charge is 0.174 e. The van der Waals surface area contributed by atoms with Crippen molar-refractivity contribution in [1.29, 1.82) is 0 Å². The summed E-state index contributed by atoms with van der Waals surface area (Å²) in [6.45, 7) is 0. The van der Waals surface area contributed by atoms with Crippen LogP contribution in [0.3, 0.4) is 0 Å². The Morgan fingerprint density at radius 1 is 0.682 bits per heavy atom. The highest BCUT2D eigenvalue weighted by Crippen LogP contribution is 2.28. The zero-order chi connectivity index (χ0) is 15.4. The molecule has 0 aliphatic rings. The monoisotopic (exact) mass is 350 g/mol. The molecule has 0 aromatic heterocycles. The summed E-state index contributed by atoms with van der Waals surface area (Å²) in [5.41, 5.74) is 2.75. The number of halogens is 1. The molecule has 0 radical (unpaired) electrons. The van der Waals surface area contributed by atoms with E-state index < -0.39 is 0 Å². The van der Waals surface area contributed by atoms with Crippen LogP contribution >= 0.6 is 15.9 Å². The average Bonchev–Trinajstić information content (AvgIpc) is 2.57. The van der Waals surface area contributed by atoms with Gasteiger partial charge in [0.2, 0.25) is 0 Å². The second kappa shape index (κ2) is 6.71. The SMILES string of the molecule is O=C(c1ccc(Br)cc1)C(c1ccccc1)c1ccccc1. The fraction of sp³-hybridized carbons (Fsp3) is 0.0500. The minimum atomic E-state index is -0.274. The van der Waals surface area contributed by atoms with Crippen molar-refractivity contribution >= 4 is 21.7 Å². The van der Waals surface area contributed by atoms with E-state index in [0.717, 1.165) is 21.2 Å². The average molecular weight is 351 g/mol. The third kappa shape index (κ3) is 3.18. The maximum Gasteiger partial charge on any atom is 0.174 e. The van der Waals surface area contributed by atoms with Crippen LogP contribution in [0.2, 0.25) is 0 Å². The largest absolute Gasteiger partial charge is 0.293 e. The zero-order valence-electron chi connectivity index (χ0n) is 11.9. The number of benzene rings is 3. The summed E-state index contributed by atoms with van der Waals surface area (Å²) in [5.74, 6) is -0.159. The summed E-state index contributed by atoms with van der Waals surface area (Å²) in [6, 6.07) is 27.4. The van der Waals surface area contributed by atoms with Crippen LogP contribution in [0.4, 0.5) is 0 Å². The van der Waals surface area contributed by atoms with Gasteiger partial charge < -0.3 is 0 Å². The third-order valence-corrected chi connectivity index (χ3v) is 4.19. The van der Waals surface area contributed by atoms with E-state index in [0.29, 0.717) is 0 Å². The van der Waals surface area contributed by atoms with Crippen molar-refractivity contribution in [3.8, 4) is 0 Å². The highest BCUT2D eigenvalue weighted by atomic mass is 79.9. The van der Waals surface area contributed by atoms with Gasteiger partial charge in [-0.15, -0.1) is 0 Å². The summed E-state index contributed by atoms with van der Waals surface area (Å²) in [7, 11) is 0. The van der Waals surface area contributed by atoms with E-state index in [1.807, 2.05) is 84.9 Å². The molecule has 2 heteroatoms. The van der Waals surface area contributed by atoms with Crippen molar-refractivity contribution in [3.05, 3.63) is 106 Å². The Balaban J connectivity index is 2.06. The fourth-order valence-electron chi connectivity index (χ4n) is 2.57. The Hall–Kier alpha value is -2.19. The van der Waals surface area contributed by atoms with Crippen LogP contribution < -0.4 is 0 Å². The molecule has 0 saturated carbocycles. The van der Waals surface area contributed by atoms with Gasteiger partial charge in [0.25, 0.3) is 0 Å². The molecule has 0 N–H and O–H groups in total. The number of carbonyl (C=O) groups is 1. The lowest BCUT2D eigenvalue weighted by Gasteiger charge is -2.17. The molecule has 0 fully saturated rings. The summed E-state index contributed by atoms with van der Waals surface area (Å²) in [4.78, 5) is 13.0. The first-order valence-electron chi connectivity index (χ1n) is 7.15. The highest BCUT2D eigenvalue weighted by Gasteiger charge is 2.23. The van der Waals surface area contributed by atoms with Crippen LogP contribution in [-0.4, -0.2) is 5.78 Å². The van der Waals surface area contributed by atoms with Crippen LogP contribution in [0, 0.1) is 0 Å². The summed E-state index contributed by atoms with van der Waals surface area (Å²) in [5, 5.41) is 0. The van der Waals surface area contributed by atoms with Crippen LogP contribution in [0.1, 0.15) is 27.4 Å². The Labute approximate surface area is 138 Å². The van der Waals surface area contributed by atoms with E-state index in [9.17, 15) is 4.79 Å². The van der Waals surface area contributed by atoms with Gasteiger partial charge in [-0.25, -0.2) is 0 Å². The Kier molecular flexibility index (Phi) is 4.50. The molecule has 0 bridgehead atoms. The maximum absolute atomic E-state index is 13.0. The molecule has 1 nitrogen and oxygen atoms in total. The van der Waals surface area contributed by atoms with Gasteiger partial charge in [-0.1, -0.05) is 88.7 Å². The lowest BCUT2D eigenvalue weighted by molar-refractivity contribution is 0.0974. The molecular weight excluding hydrogens is 336 g/mol. The minimum absolute atomic E-state index is 0.116. The van der Waals surface area contributed by atoms with Gasteiger partial charge >= 0.3 is 0 Å². The van der Waals surface area contributed by atoms with Crippen molar-refractivity contribution in [3.63, 3.8) is 0 Å². The molecule has 0 saturated heterocycles. The minimum Gasteiger partial charge on any atom is -0.293 e. The second-order valence-corrected chi connectivity index (χ2v) is 6.04. The van der Waals surface area contributed by atoms with Gasteiger partial charge in [0, 0.05) is 10.0 Å². The number of ketones is 1. The van der Waals surface area contributed by atoms with Crippen LogP contribution in [0.15, 0.2) is 89.4 Å². The Morgan fingerprint density at radius 2 is 1.14 bits per heavy atom. The van der Waals surface area contributed by atoms with E-state index in [1.54, 1.807) is 0 Å². The topological polar surface area (TPSA) is 17.1 Å². The zero-order valence-corrected chi connectivity index (χ0v) is 13.5. The van der Waals surface area contributed by atoms with Crippen molar-refractivity contribution in [2.24, 2.45) is 0 Å². The number of rotatable bonds is 4. The van der Waals surface area contributed by atoms with Crippen LogP contribution in [-0.2, 0) is 0 Å². The quantitative estimate of drug-likeness (QED) is 0.570. The number of hydrogen-bond donors (Lipinski definition) is 0. The highest BCUT2D eigenvalue weighted by molar-refractivity contribution is 9.10. The second-order valence-electron chi connectivity index (χ2n) is 5.13. The molecule has 0 heterocycles. The molecular formula is C20H15BrO. The fourth-order valence-corrected chi connectivity index (χ4v) is 2.83. The molecule has 0 amide bonds. The molecule has 0 aliphatic carbocycles. The molecule has 0 unspecified atom stereocenters. The van der Waals surface area contributed by atoms with Crippen molar-refractivity contribution < 1.29 is 4.79 Å². The lowest BCUT2D eigenvalue weighted by Crippen LogP contribution is -2.14. The Bertz CT molecular complexity index is 709. The normalized spacial score (nSPS) is 10.6. The first-order valence-corrected chi connectivity index (χ1v) is 7.94. The van der Waals surface area contributed by atoms with E-state index in [1.165, 1.54) is 0 Å². The molecule has 0 aliphatic heterocycles. The lowest BCUT2D eigenvalue weighted by atomic mass is 9.85. The van der Waals surface area contributed by atoms with Crippen molar-refractivity contribution in [1.82, 2.24) is 0 Å². The standard InChI is InChI=1S/C20H15BrO/c21-18-13-11-17(12-14-18)20(22)19(15-7-3-1-4-8-15)16-9-5-2-6-10-16/h1-14,19H. The first kappa shape index (κ1) is 14.7. The van der Waals surface area contributed by atoms with Crippen LogP contribution in [0.5, 0.6) is 0 Å². The van der Waals surface area contributed by atoms with E-state index in [-0.39, 0.29) is 11.7 Å². The van der Waals surface area contributed by atoms with Gasteiger partial charge in [-0.3, -0.25) is 4.79 Å². The Morgan fingerprint density at radius 3 is 1.59 bits per heavy atom. The van der Waals surface area contributed by atoms with Gasteiger partial charge in [0.1, 0.15) is 0 Å². The number of hydrogen-bond acceptors (Lipinski definition) is 1. The summed E-state index contributed by atoms with van der Waals surface area (Å²) < 4.78 is 0.972. The summed E-state index contributed by atoms with van der Waals surface area (Å²) >= 11 is 3.41. The molecule has 108 valence electrons. The van der Waals surface area contributed by atoms with Gasteiger partial charge in [-0.05, 0) is 23.3 Å².